The lowest BCUT2D eigenvalue weighted by Gasteiger charge is -2.20. The second-order valence-electron chi connectivity index (χ2n) is 7.46. The van der Waals surface area contributed by atoms with Crippen molar-refractivity contribution in [3.8, 4) is 0 Å². The van der Waals surface area contributed by atoms with Crippen molar-refractivity contribution in [3.63, 3.8) is 0 Å². The van der Waals surface area contributed by atoms with Gasteiger partial charge in [0.2, 0.25) is 0 Å². The molecule has 3 aromatic rings. The number of hydrogen-bond donors (Lipinski definition) is 1. The molecule has 3 aromatic heterocycles. The Kier molecular flexibility index (Phi) is 4.24. The van der Waals surface area contributed by atoms with Crippen molar-refractivity contribution in [1.82, 2.24) is 24.3 Å². The van der Waals surface area contributed by atoms with Crippen molar-refractivity contribution in [1.29, 1.82) is 0 Å². The van der Waals surface area contributed by atoms with Gasteiger partial charge in [-0.2, -0.15) is 0 Å². The van der Waals surface area contributed by atoms with E-state index in [1.54, 1.807) is 6.33 Å². The molecule has 1 saturated heterocycles. The van der Waals surface area contributed by atoms with Crippen molar-refractivity contribution in [2.45, 2.75) is 25.3 Å². The van der Waals surface area contributed by atoms with E-state index >= 15 is 0 Å². The summed E-state index contributed by atoms with van der Waals surface area (Å²) in [7, 11) is 2.17. The van der Waals surface area contributed by atoms with Crippen LogP contribution in [-0.4, -0.2) is 51.1 Å². The Morgan fingerprint density at radius 2 is 2.07 bits per heavy atom. The lowest BCUT2D eigenvalue weighted by molar-refractivity contribution is 0.421. The zero-order valence-corrected chi connectivity index (χ0v) is 16.9. The highest BCUT2D eigenvalue weighted by molar-refractivity contribution is 9.10. The van der Waals surface area contributed by atoms with Crippen LogP contribution in [0, 0.1) is 0 Å². The molecule has 140 valence electrons. The Balaban J connectivity index is 1.46. The molecule has 0 amide bonds. The predicted molar refractivity (Wildman–Crippen MR) is 109 cm³/mol. The number of anilines is 2. The van der Waals surface area contributed by atoms with Crippen LogP contribution < -0.4 is 10.2 Å². The molecule has 7 nitrogen and oxygen atoms in total. The zero-order valence-electron chi connectivity index (χ0n) is 15.3. The van der Waals surface area contributed by atoms with Gasteiger partial charge in [-0.15, -0.1) is 0 Å². The number of nitrogens with zero attached hydrogens (tertiary/aromatic N) is 6. The third kappa shape index (κ3) is 3.51. The summed E-state index contributed by atoms with van der Waals surface area (Å²) in [5, 5.41) is 3.33. The van der Waals surface area contributed by atoms with Crippen molar-refractivity contribution >= 4 is 33.1 Å². The molecule has 4 heterocycles. The molecule has 0 aromatic carbocycles. The van der Waals surface area contributed by atoms with Crippen LogP contribution in [0.4, 0.5) is 11.5 Å². The van der Waals surface area contributed by atoms with Crippen LogP contribution in [-0.2, 0) is 6.54 Å². The molecule has 2 aliphatic rings. The molecule has 1 saturated carbocycles. The van der Waals surface area contributed by atoms with Crippen LogP contribution in [0.25, 0.3) is 5.65 Å². The van der Waals surface area contributed by atoms with E-state index in [1.165, 1.54) is 24.1 Å². The van der Waals surface area contributed by atoms with Crippen molar-refractivity contribution in [3.05, 3.63) is 46.7 Å². The highest BCUT2D eigenvalue weighted by Crippen LogP contribution is 2.42. The first-order valence-electron chi connectivity index (χ1n) is 9.32. The van der Waals surface area contributed by atoms with Gasteiger partial charge in [0.25, 0.3) is 0 Å². The zero-order chi connectivity index (χ0) is 18.4. The monoisotopic (exact) mass is 427 g/mol. The molecule has 0 unspecified atom stereocenters. The fraction of sp³-hybridized carbons (Fsp3) is 0.421. The smallest absolute Gasteiger partial charge is 0.160 e. The minimum Gasteiger partial charge on any atom is -0.364 e. The van der Waals surface area contributed by atoms with Gasteiger partial charge in [-0.3, -0.25) is 4.90 Å². The van der Waals surface area contributed by atoms with Gasteiger partial charge in [-0.1, -0.05) is 0 Å². The number of pyridine rings is 1. The van der Waals surface area contributed by atoms with Gasteiger partial charge in [0.05, 0.1) is 24.6 Å². The van der Waals surface area contributed by atoms with Gasteiger partial charge in [-0.05, 0) is 53.4 Å². The molecular weight excluding hydrogens is 406 g/mol. The van der Waals surface area contributed by atoms with E-state index in [1.807, 2.05) is 6.07 Å². The van der Waals surface area contributed by atoms with E-state index in [2.05, 4.69) is 70.9 Å². The first kappa shape index (κ1) is 16.9. The normalized spacial score (nSPS) is 17.8. The first-order valence-corrected chi connectivity index (χ1v) is 10.1. The topological polar surface area (TPSA) is 61.6 Å². The van der Waals surface area contributed by atoms with Gasteiger partial charge in [0, 0.05) is 31.5 Å². The van der Waals surface area contributed by atoms with E-state index in [9.17, 15) is 0 Å². The van der Waals surface area contributed by atoms with E-state index in [0.717, 1.165) is 47.4 Å². The fourth-order valence-corrected chi connectivity index (χ4v) is 3.95. The lowest BCUT2D eigenvalue weighted by atomic mass is 10.1. The van der Waals surface area contributed by atoms with Crippen LogP contribution in [0.2, 0.25) is 0 Å². The molecule has 2 fully saturated rings. The van der Waals surface area contributed by atoms with E-state index in [-0.39, 0.29) is 0 Å². The maximum atomic E-state index is 4.93. The second kappa shape index (κ2) is 6.76. The number of hydrogen-bond acceptors (Lipinski definition) is 6. The van der Waals surface area contributed by atoms with E-state index in [0.29, 0.717) is 6.54 Å². The van der Waals surface area contributed by atoms with Crippen molar-refractivity contribution in [2.24, 2.45) is 0 Å². The van der Waals surface area contributed by atoms with Gasteiger partial charge >= 0.3 is 0 Å². The summed E-state index contributed by atoms with van der Waals surface area (Å²) in [6.45, 7) is 3.73. The third-order valence-electron chi connectivity index (χ3n) is 5.24. The summed E-state index contributed by atoms with van der Waals surface area (Å²) in [6, 6.07) is 4.23. The first-order chi connectivity index (χ1) is 13.2. The highest BCUT2D eigenvalue weighted by Gasteiger charge is 2.27. The predicted octanol–water partition coefficient (Wildman–Crippen LogP) is 3.09. The second-order valence-corrected chi connectivity index (χ2v) is 8.27. The van der Waals surface area contributed by atoms with Gasteiger partial charge in [0.1, 0.15) is 16.7 Å². The van der Waals surface area contributed by atoms with Crippen LogP contribution in [0.3, 0.4) is 0 Å². The number of rotatable bonds is 5. The average molecular weight is 428 g/mol. The number of nitrogens with one attached hydrogen (secondary N) is 1. The standard InChI is InChI=1S/C19H22BrN7/c1-25-4-5-26(12-25)16-6-14(13-2-3-13)9-27-10-15(24-19(16)27)8-21-18-7-17(20)22-11-23-18/h6-7,9-11,13H,2-5,8,12H2,1H3,(H,21,22,23). The number of imidazole rings is 1. The average Bonchev–Trinajstić information content (AvgIpc) is 3.29. The molecule has 8 heteroatoms. The summed E-state index contributed by atoms with van der Waals surface area (Å²) in [5.41, 5.74) is 4.73. The molecule has 0 bridgehead atoms. The fourth-order valence-electron chi connectivity index (χ4n) is 3.64. The van der Waals surface area contributed by atoms with Crippen molar-refractivity contribution in [2.75, 3.05) is 37.0 Å². The Morgan fingerprint density at radius 1 is 1.19 bits per heavy atom. The third-order valence-corrected chi connectivity index (χ3v) is 5.67. The van der Waals surface area contributed by atoms with Crippen LogP contribution in [0.1, 0.15) is 30.0 Å². The molecule has 27 heavy (non-hydrogen) atoms. The molecule has 5 rings (SSSR count). The molecule has 1 aliphatic heterocycles. The molecule has 1 N–H and O–H groups in total. The lowest BCUT2D eigenvalue weighted by Crippen LogP contribution is -2.23. The van der Waals surface area contributed by atoms with Crippen molar-refractivity contribution < 1.29 is 0 Å². The summed E-state index contributed by atoms with van der Waals surface area (Å²) < 4.78 is 2.97. The quantitative estimate of drug-likeness (QED) is 0.631. The van der Waals surface area contributed by atoms with Gasteiger partial charge in [-0.25, -0.2) is 15.0 Å². The van der Waals surface area contributed by atoms with Gasteiger partial charge in [0.15, 0.2) is 5.65 Å². The Bertz CT molecular complexity index is 981. The SMILES string of the molecule is CN1CCN(c2cc(C3CC3)cn3cc(CNc4cc(Br)ncn4)nc23)C1. The maximum absolute atomic E-state index is 4.93. The summed E-state index contributed by atoms with van der Waals surface area (Å²) >= 11 is 3.38. The molecule has 0 radical (unpaired) electrons. The molecule has 1 aliphatic carbocycles. The summed E-state index contributed by atoms with van der Waals surface area (Å²) in [6.07, 6.45) is 8.54. The van der Waals surface area contributed by atoms with Gasteiger partial charge < -0.3 is 14.6 Å². The van der Waals surface area contributed by atoms with Crippen LogP contribution in [0.5, 0.6) is 0 Å². The number of halogens is 1. The van der Waals surface area contributed by atoms with Crippen LogP contribution in [0.15, 0.2) is 35.5 Å². The number of likely N-dealkylation sites (N-methyl/N-ethyl adjacent to an activating group) is 1. The molecule has 0 spiro atoms. The Hall–Kier alpha value is -2.19. The Morgan fingerprint density at radius 3 is 2.81 bits per heavy atom. The molecule has 0 atom stereocenters. The van der Waals surface area contributed by atoms with E-state index < -0.39 is 0 Å². The summed E-state index contributed by atoms with van der Waals surface area (Å²) in [5.74, 6) is 1.50. The number of fused-ring (bicyclic) bond motifs is 1. The maximum Gasteiger partial charge on any atom is 0.160 e. The highest BCUT2D eigenvalue weighted by atomic mass is 79.9. The Labute approximate surface area is 166 Å². The summed E-state index contributed by atoms with van der Waals surface area (Å²) in [4.78, 5) is 18.0. The minimum atomic E-state index is 0.628. The number of aromatic nitrogens is 4. The molecular formula is C19H22BrN7. The largest absolute Gasteiger partial charge is 0.364 e. The minimum absolute atomic E-state index is 0.628. The van der Waals surface area contributed by atoms with Crippen LogP contribution >= 0.6 is 15.9 Å². The van der Waals surface area contributed by atoms with E-state index in [4.69, 9.17) is 4.98 Å².